The maximum Gasteiger partial charge on any atom is 0.313 e. The number of carbonyl (C=O) groups is 1. The fourth-order valence-electron chi connectivity index (χ4n) is 2.74. The van der Waals surface area contributed by atoms with Gasteiger partial charge in [0, 0.05) is 24.5 Å². The van der Waals surface area contributed by atoms with Gasteiger partial charge >= 0.3 is 5.97 Å². The molecule has 1 atom stereocenters. The number of amidine groups is 1. The predicted octanol–water partition coefficient (Wildman–Crippen LogP) is 2.06. The molecule has 1 aliphatic heterocycles. The highest BCUT2D eigenvalue weighted by Gasteiger charge is 2.23. The number of halogens is 1. The Balaban J connectivity index is 1.66. The highest BCUT2D eigenvalue weighted by molar-refractivity contribution is 5.94. The number of esters is 1. The van der Waals surface area contributed by atoms with Gasteiger partial charge < -0.3 is 15.4 Å². The minimum atomic E-state index is -0.819. The molecule has 0 aliphatic carbocycles. The van der Waals surface area contributed by atoms with E-state index in [0.717, 1.165) is 16.7 Å². The van der Waals surface area contributed by atoms with Gasteiger partial charge in [0.15, 0.2) is 0 Å². The highest BCUT2D eigenvalue weighted by atomic mass is 19.1. The molecule has 8 heteroatoms. The van der Waals surface area contributed by atoms with Gasteiger partial charge in [-0.1, -0.05) is 18.2 Å². The third-order valence-electron chi connectivity index (χ3n) is 4.05. The van der Waals surface area contributed by atoms with E-state index in [-0.39, 0.29) is 18.9 Å². The zero-order chi connectivity index (χ0) is 18.5. The molecule has 1 aliphatic rings. The van der Waals surface area contributed by atoms with Crippen molar-refractivity contribution >= 4 is 17.8 Å². The number of benzene rings is 1. The van der Waals surface area contributed by atoms with Crippen LogP contribution in [0.3, 0.4) is 0 Å². The Morgan fingerprint density at radius 3 is 2.77 bits per heavy atom. The summed E-state index contributed by atoms with van der Waals surface area (Å²) >= 11 is 0. The summed E-state index contributed by atoms with van der Waals surface area (Å²) in [7, 11) is 0. The zero-order valence-corrected chi connectivity index (χ0v) is 14.2. The molecule has 0 radical (unpaired) electrons. The van der Waals surface area contributed by atoms with E-state index >= 15 is 0 Å². The van der Waals surface area contributed by atoms with Crippen LogP contribution in [0, 0.1) is 5.41 Å². The standard InChI is InChI=1S/C18H20FN5O2/c19-15-4-5-24(10-15)18-22-8-14(9-23-18)13-3-1-2-12(6-13)11-26-17(25)7-16(20)21/h1-3,6,8-9,15H,4-5,7,10-11H2,(H3,20,21)/t15-/m0/s1. The van der Waals surface area contributed by atoms with Gasteiger partial charge in [0.1, 0.15) is 25.0 Å². The van der Waals surface area contributed by atoms with E-state index in [0.29, 0.717) is 25.5 Å². The number of alkyl halides is 1. The fraction of sp³-hybridized carbons (Fsp3) is 0.333. The molecular formula is C18H20FN5O2. The Bertz CT molecular complexity index is 796. The molecule has 1 fully saturated rings. The number of ether oxygens (including phenoxy) is 1. The summed E-state index contributed by atoms with van der Waals surface area (Å²) in [6, 6.07) is 7.48. The van der Waals surface area contributed by atoms with Crippen molar-refractivity contribution in [2.24, 2.45) is 5.73 Å². The predicted molar refractivity (Wildman–Crippen MR) is 95.5 cm³/mol. The van der Waals surface area contributed by atoms with E-state index in [1.165, 1.54) is 0 Å². The second-order valence-electron chi connectivity index (χ2n) is 6.17. The largest absolute Gasteiger partial charge is 0.460 e. The molecule has 3 N–H and O–H groups in total. The minimum Gasteiger partial charge on any atom is -0.460 e. The van der Waals surface area contributed by atoms with Crippen molar-refractivity contribution < 1.29 is 13.9 Å². The first-order valence-corrected chi connectivity index (χ1v) is 8.30. The lowest BCUT2D eigenvalue weighted by molar-refractivity contribution is -0.143. The van der Waals surface area contributed by atoms with Crippen molar-refractivity contribution in [3.05, 3.63) is 42.2 Å². The van der Waals surface area contributed by atoms with Crippen LogP contribution in [0.1, 0.15) is 18.4 Å². The smallest absolute Gasteiger partial charge is 0.313 e. The first kappa shape index (κ1) is 17.8. The van der Waals surface area contributed by atoms with Gasteiger partial charge in [0.05, 0.1) is 6.54 Å². The topological polar surface area (TPSA) is 105 Å². The van der Waals surface area contributed by atoms with Crippen molar-refractivity contribution in [1.29, 1.82) is 5.41 Å². The maximum absolute atomic E-state index is 13.3. The molecule has 1 saturated heterocycles. The van der Waals surface area contributed by atoms with Crippen molar-refractivity contribution in [2.45, 2.75) is 25.6 Å². The van der Waals surface area contributed by atoms with Crippen molar-refractivity contribution in [1.82, 2.24) is 9.97 Å². The third kappa shape index (κ3) is 4.53. The molecule has 26 heavy (non-hydrogen) atoms. The molecule has 2 aromatic rings. The first-order chi connectivity index (χ1) is 12.5. The molecule has 1 aromatic heterocycles. The number of carbonyl (C=O) groups excluding carboxylic acids is 1. The third-order valence-corrected chi connectivity index (χ3v) is 4.05. The van der Waals surface area contributed by atoms with Gasteiger partial charge in [-0.3, -0.25) is 10.2 Å². The van der Waals surface area contributed by atoms with E-state index in [1.54, 1.807) is 12.4 Å². The first-order valence-electron chi connectivity index (χ1n) is 8.30. The normalized spacial score (nSPS) is 16.5. The lowest BCUT2D eigenvalue weighted by atomic mass is 10.1. The molecule has 2 heterocycles. The van der Waals surface area contributed by atoms with E-state index < -0.39 is 12.1 Å². The summed E-state index contributed by atoms with van der Waals surface area (Å²) in [5.74, 6) is -0.228. The van der Waals surface area contributed by atoms with E-state index in [2.05, 4.69) is 9.97 Å². The molecule has 0 unspecified atom stereocenters. The Hall–Kier alpha value is -3.03. The second kappa shape index (κ2) is 7.90. The number of rotatable bonds is 6. The van der Waals surface area contributed by atoms with Crippen LogP contribution < -0.4 is 10.6 Å². The lowest BCUT2D eigenvalue weighted by Gasteiger charge is -2.14. The molecule has 0 spiro atoms. The summed E-state index contributed by atoms with van der Waals surface area (Å²) in [5, 5.41) is 7.08. The SMILES string of the molecule is N=C(N)CC(=O)OCc1cccc(-c2cnc(N3CC[C@H](F)C3)nc2)c1. The number of hydrogen-bond donors (Lipinski definition) is 2. The van der Waals surface area contributed by atoms with Crippen LogP contribution >= 0.6 is 0 Å². The Kier molecular flexibility index (Phi) is 5.40. The second-order valence-corrected chi connectivity index (χ2v) is 6.17. The number of nitrogens with one attached hydrogen (secondary N) is 1. The summed E-state index contributed by atoms with van der Waals surface area (Å²) < 4.78 is 18.4. The molecule has 7 nitrogen and oxygen atoms in total. The van der Waals surface area contributed by atoms with Gasteiger partial charge in [-0.05, 0) is 23.6 Å². The molecule has 136 valence electrons. The van der Waals surface area contributed by atoms with Gasteiger partial charge in [0.2, 0.25) is 5.95 Å². The van der Waals surface area contributed by atoms with Crippen LogP contribution in [0.4, 0.5) is 10.3 Å². The average Bonchev–Trinajstić information content (AvgIpc) is 3.06. The number of aromatic nitrogens is 2. The molecular weight excluding hydrogens is 337 g/mol. The summed E-state index contributed by atoms with van der Waals surface area (Å²) in [6.07, 6.45) is 2.88. The Morgan fingerprint density at radius 1 is 1.35 bits per heavy atom. The Labute approximate surface area is 150 Å². The van der Waals surface area contributed by atoms with E-state index in [1.807, 2.05) is 29.2 Å². The van der Waals surface area contributed by atoms with Gasteiger partial charge in [-0.2, -0.15) is 0 Å². The lowest BCUT2D eigenvalue weighted by Crippen LogP contribution is -2.22. The van der Waals surface area contributed by atoms with Crippen molar-refractivity contribution in [2.75, 3.05) is 18.0 Å². The van der Waals surface area contributed by atoms with E-state index in [9.17, 15) is 9.18 Å². The maximum atomic E-state index is 13.3. The highest BCUT2D eigenvalue weighted by Crippen LogP contribution is 2.22. The number of anilines is 1. The summed E-state index contributed by atoms with van der Waals surface area (Å²) in [5.41, 5.74) is 7.69. The quantitative estimate of drug-likeness (QED) is 0.466. The fourth-order valence-corrected chi connectivity index (χ4v) is 2.74. The van der Waals surface area contributed by atoms with E-state index in [4.69, 9.17) is 15.9 Å². The van der Waals surface area contributed by atoms with Crippen LogP contribution in [0.2, 0.25) is 0 Å². The van der Waals surface area contributed by atoms with Crippen molar-refractivity contribution in [3.63, 3.8) is 0 Å². The van der Waals surface area contributed by atoms with Gasteiger partial charge in [-0.25, -0.2) is 14.4 Å². The van der Waals surface area contributed by atoms with Gasteiger partial charge in [0.25, 0.3) is 0 Å². The molecule has 0 bridgehead atoms. The molecule has 0 saturated carbocycles. The van der Waals surface area contributed by atoms with Crippen LogP contribution in [0.15, 0.2) is 36.7 Å². The minimum absolute atomic E-state index is 0.102. The summed E-state index contributed by atoms with van der Waals surface area (Å²) in [4.78, 5) is 22.0. The number of hydrogen-bond acceptors (Lipinski definition) is 6. The molecule has 0 amide bonds. The Morgan fingerprint density at radius 2 is 2.12 bits per heavy atom. The average molecular weight is 357 g/mol. The molecule has 3 rings (SSSR count). The van der Waals surface area contributed by atoms with Crippen molar-refractivity contribution in [3.8, 4) is 11.1 Å². The number of nitrogens with two attached hydrogens (primary N) is 1. The van der Waals surface area contributed by atoms with Gasteiger partial charge in [-0.15, -0.1) is 0 Å². The van der Waals surface area contributed by atoms with Crippen LogP contribution in [-0.2, 0) is 16.1 Å². The molecule has 1 aromatic carbocycles. The number of nitrogens with zero attached hydrogens (tertiary/aromatic N) is 3. The monoisotopic (exact) mass is 357 g/mol. The van der Waals surface area contributed by atoms with Crippen LogP contribution in [0.25, 0.3) is 11.1 Å². The van der Waals surface area contributed by atoms with Crippen LogP contribution in [-0.4, -0.2) is 41.0 Å². The zero-order valence-electron chi connectivity index (χ0n) is 14.2. The van der Waals surface area contributed by atoms with Crippen LogP contribution in [0.5, 0.6) is 0 Å². The summed E-state index contributed by atoms with van der Waals surface area (Å²) in [6.45, 7) is 1.06.